The number of Topliss-reactive ketones (excluding diaryl/α,β-unsaturated/α-hetero) is 1. The first-order chi connectivity index (χ1) is 13.3. The first-order valence-corrected chi connectivity index (χ1v) is 8.81. The maximum absolute atomic E-state index is 12.7. The van der Waals surface area contributed by atoms with Crippen molar-refractivity contribution < 1.29 is 23.9 Å². The molecule has 3 N–H and O–H groups in total. The van der Waals surface area contributed by atoms with Crippen LogP contribution in [-0.4, -0.2) is 35.2 Å². The van der Waals surface area contributed by atoms with Crippen molar-refractivity contribution in [3.05, 3.63) is 58.4 Å². The summed E-state index contributed by atoms with van der Waals surface area (Å²) in [5, 5.41) is 4.60. The van der Waals surface area contributed by atoms with Crippen molar-refractivity contribution in [2.24, 2.45) is 0 Å². The summed E-state index contributed by atoms with van der Waals surface area (Å²) in [7, 11) is 0. The fourth-order valence-corrected chi connectivity index (χ4v) is 2.93. The van der Waals surface area contributed by atoms with Gasteiger partial charge in [0.2, 0.25) is 6.10 Å². The summed E-state index contributed by atoms with van der Waals surface area (Å²) in [5.41, 5.74) is 1.90. The number of amides is 3. The van der Waals surface area contributed by atoms with E-state index in [-0.39, 0.29) is 11.5 Å². The summed E-state index contributed by atoms with van der Waals surface area (Å²) in [5.74, 6) is -1.76. The van der Waals surface area contributed by atoms with Gasteiger partial charge < -0.3 is 15.0 Å². The van der Waals surface area contributed by atoms with Crippen molar-refractivity contribution in [1.29, 1.82) is 0 Å². The van der Waals surface area contributed by atoms with Gasteiger partial charge in [-0.2, -0.15) is 0 Å². The summed E-state index contributed by atoms with van der Waals surface area (Å²) < 4.78 is 5.42. The second-order valence-electron chi connectivity index (χ2n) is 6.23. The number of aryl methyl sites for hydroxylation is 1. The molecule has 0 spiro atoms. The number of imide groups is 1. The van der Waals surface area contributed by atoms with Crippen LogP contribution in [0.15, 0.2) is 30.3 Å². The molecule has 1 aromatic heterocycles. The molecule has 0 saturated heterocycles. The lowest BCUT2D eigenvalue weighted by atomic mass is 10.1. The van der Waals surface area contributed by atoms with E-state index in [4.69, 9.17) is 4.74 Å². The third kappa shape index (κ3) is 4.64. The van der Waals surface area contributed by atoms with Gasteiger partial charge in [-0.3, -0.25) is 14.9 Å². The largest absolute Gasteiger partial charge is 0.443 e. The Morgan fingerprint density at radius 1 is 1.11 bits per heavy atom. The van der Waals surface area contributed by atoms with Crippen LogP contribution in [0, 0.1) is 13.8 Å². The Bertz CT molecular complexity index is 902. The molecule has 3 amide bonds. The number of esters is 1. The minimum Gasteiger partial charge on any atom is -0.443 e. The van der Waals surface area contributed by atoms with E-state index in [1.807, 2.05) is 0 Å². The summed E-state index contributed by atoms with van der Waals surface area (Å²) in [6, 6.07) is 7.67. The average Bonchev–Trinajstić information content (AvgIpc) is 2.94. The van der Waals surface area contributed by atoms with Crippen molar-refractivity contribution in [3.8, 4) is 0 Å². The molecule has 0 radical (unpaired) electrons. The van der Waals surface area contributed by atoms with E-state index in [9.17, 15) is 19.2 Å². The molecule has 0 bridgehead atoms. The summed E-state index contributed by atoms with van der Waals surface area (Å²) in [6.45, 7) is 6.76. The number of carbonyl (C=O) groups excluding carboxylic acids is 4. The number of benzene rings is 1. The van der Waals surface area contributed by atoms with Gasteiger partial charge >= 0.3 is 12.0 Å². The van der Waals surface area contributed by atoms with Gasteiger partial charge in [0.15, 0.2) is 5.78 Å². The quantitative estimate of drug-likeness (QED) is 0.522. The molecule has 28 heavy (non-hydrogen) atoms. The van der Waals surface area contributed by atoms with E-state index in [2.05, 4.69) is 15.6 Å². The number of rotatable bonds is 6. The van der Waals surface area contributed by atoms with Crippen LogP contribution in [0.3, 0.4) is 0 Å². The predicted octanol–water partition coefficient (Wildman–Crippen LogP) is 2.58. The van der Waals surface area contributed by atoms with Gasteiger partial charge in [0, 0.05) is 23.4 Å². The number of hydrogen-bond acceptors (Lipinski definition) is 5. The Morgan fingerprint density at radius 2 is 1.75 bits per heavy atom. The number of carbonyl (C=O) groups is 4. The third-order valence-electron chi connectivity index (χ3n) is 4.13. The van der Waals surface area contributed by atoms with E-state index in [0.717, 1.165) is 0 Å². The summed E-state index contributed by atoms with van der Waals surface area (Å²) >= 11 is 0. The Labute approximate surface area is 162 Å². The molecule has 0 fully saturated rings. The Balaban J connectivity index is 2.31. The number of ketones is 1. The minimum atomic E-state index is -1.33. The minimum absolute atomic E-state index is 0.0921. The van der Waals surface area contributed by atoms with E-state index in [0.29, 0.717) is 28.9 Å². The van der Waals surface area contributed by atoms with E-state index in [1.54, 1.807) is 51.1 Å². The molecule has 1 atom stereocenters. The first-order valence-electron chi connectivity index (χ1n) is 8.81. The third-order valence-corrected chi connectivity index (χ3v) is 4.13. The molecular formula is C20H23N3O5. The SMILES string of the molecule is CCNC(=O)NC(=O)[C@@H](OC(=O)c1[nH]c(C)c(C(C)=O)c1C)c1ccccc1. The highest BCUT2D eigenvalue weighted by molar-refractivity contribution is 6.02. The number of H-pyrrole nitrogens is 1. The number of aromatic nitrogens is 1. The highest BCUT2D eigenvalue weighted by Crippen LogP contribution is 2.23. The maximum atomic E-state index is 12.7. The van der Waals surface area contributed by atoms with Crippen molar-refractivity contribution in [2.75, 3.05) is 6.54 Å². The smallest absolute Gasteiger partial charge is 0.356 e. The number of ether oxygens (including phenoxy) is 1. The monoisotopic (exact) mass is 385 g/mol. The first kappa shape index (κ1) is 20.9. The predicted molar refractivity (Wildman–Crippen MR) is 102 cm³/mol. The molecule has 8 nitrogen and oxygen atoms in total. The fraction of sp³-hybridized carbons (Fsp3) is 0.300. The Kier molecular flexibility index (Phi) is 6.70. The molecule has 0 aliphatic heterocycles. The molecule has 0 aliphatic carbocycles. The Morgan fingerprint density at radius 3 is 2.29 bits per heavy atom. The van der Waals surface area contributed by atoms with Crippen molar-refractivity contribution in [1.82, 2.24) is 15.6 Å². The average molecular weight is 385 g/mol. The number of hydrogen-bond donors (Lipinski definition) is 3. The van der Waals surface area contributed by atoms with Crippen LogP contribution in [0.1, 0.15) is 57.6 Å². The molecule has 148 valence electrons. The molecule has 0 unspecified atom stereocenters. The van der Waals surface area contributed by atoms with Gasteiger partial charge in [-0.15, -0.1) is 0 Å². The molecule has 8 heteroatoms. The van der Waals surface area contributed by atoms with Crippen LogP contribution >= 0.6 is 0 Å². The van der Waals surface area contributed by atoms with Crippen molar-refractivity contribution in [2.45, 2.75) is 33.8 Å². The van der Waals surface area contributed by atoms with Gasteiger partial charge in [-0.1, -0.05) is 30.3 Å². The van der Waals surface area contributed by atoms with E-state index >= 15 is 0 Å². The Hall–Kier alpha value is -3.42. The summed E-state index contributed by atoms with van der Waals surface area (Å²) in [6.07, 6.45) is -1.33. The zero-order valence-corrected chi connectivity index (χ0v) is 16.2. The van der Waals surface area contributed by atoms with Gasteiger partial charge in [-0.25, -0.2) is 9.59 Å². The van der Waals surface area contributed by atoms with Crippen LogP contribution < -0.4 is 10.6 Å². The van der Waals surface area contributed by atoms with Crippen LogP contribution in [0.2, 0.25) is 0 Å². The lowest BCUT2D eigenvalue weighted by Gasteiger charge is -2.17. The normalized spacial score (nSPS) is 11.4. The van der Waals surface area contributed by atoms with Crippen LogP contribution in [0.25, 0.3) is 0 Å². The maximum Gasteiger partial charge on any atom is 0.356 e. The van der Waals surface area contributed by atoms with Gasteiger partial charge in [0.25, 0.3) is 5.91 Å². The van der Waals surface area contributed by atoms with Crippen molar-refractivity contribution in [3.63, 3.8) is 0 Å². The van der Waals surface area contributed by atoms with Crippen LogP contribution in [-0.2, 0) is 9.53 Å². The lowest BCUT2D eigenvalue weighted by molar-refractivity contribution is -0.129. The van der Waals surface area contributed by atoms with Crippen LogP contribution in [0.4, 0.5) is 4.79 Å². The molecular weight excluding hydrogens is 362 g/mol. The molecule has 1 heterocycles. The molecule has 1 aromatic carbocycles. The van der Waals surface area contributed by atoms with E-state index in [1.165, 1.54) is 6.92 Å². The number of urea groups is 1. The molecule has 2 aromatic rings. The summed E-state index contributed by atoms with van der Waals surface area (Å²) in [4.78, 5) is 51.6. The zero-order valence-electron chi connectivity index (χ0n) is 16.2. The number of nitrogens with one attached hydrogen (secondary N) is 3. The second-order valence-corrected chi connectivity index (χ2v) is 6.23. The van der Waals surface area contributed by atoms with Crippen molar-refractivity contribution >= 4 is 23.7 Å². The highest BCUT2D eigenvalue weighted by atomic mass is 16.5. The highest BCUT2D eigenvalue weighted by Gasteiger charge is 2.29. The number of aromatic amines is 1. The second kappa shape index (κ2) is 8.98. The zero-order chi connectivity index (χ0) is 20.8. The fourth-order valence-electron chi connectivity index (χ4n) is 2.93. The van der Waals surface area contributed by atoms with Gasteiger partial charge in [-0.05, 0) is 33.3 Å². The van der Waals surface area contributed by atoms with E-state index < -0.39 is 24.0 Å². The van der Waals surface area contributed by atoms with Crippen LogP contribution in [0.5, 0.6) is 0 Å². The molecule has 2 rings (SSSR count). The standard InChI is InChI=1S/C20H23N3O5/c1-5-21-20(27)23-18(25)17(14-9-7-6-8-10-14)28-19(26)16-11(2)15(13(4)24)12(3)22-16/h6-10,17,22H,5H2,1-4H3,(H2,21,23,25,27)/t17-/m0/s1. The van der Waals surface area contributed by atoms with Gasteiger partial charge in [0.05, 0.1) is 0 Å². The topological polar surface area (TPSA) is 117 Å². The molecule has 0 aliphatic rings. The lowest BCUT2D eigenvalue weighted by Crippen LogP contribution is -2.42. The van der Waals surface area contributed by atoms with Gasteiger partial charge in [0.1, 0.15) is 5.69 Å². The molecule has 0 saturated carbocycles.